The van der Waals surface area contributed by atoms with E-state index in [1.54, 1.807) is 31.5 Å². The third-order valence-electron chi connectivity index (χ3n) is 2.70. The Morgan fingerprint density at radius 3 is 2.86 bits per heavy atom. The number of esters is 1. The molecule has 0 aliphatic rings. The molecule has 108 valence electrons. The number of allylic oxidation sites excluding steroid dienone is 1. The summed E-state index contributed by atoms with van der Waals surface area (Å²) in [5, 5.41) is 9.56. The third-order valence-corrected chi connectivity index (χ3v) is 2.70. The molecule has 0 saturated carbocycles. The van der Waals surface area contributed by atoms with Crippen LogP contribution in [0.25, 0.3) is 11.0 Å². The maximum absolute atomic E-state index is 11.7. The Bertz CT molecular complexity index is 714. The molecule has 0 atom stereocenters. The number of rotatable bonds is 4. The first-order valence-corrected chi connectivity index (χ1v) is 6.44. The molecule has 0 spiro atoms. The predicted octanol–water partition coefficient (Wildman–Crippen LogP) is 2.73. The molecule has 2 aromatic rings. The third kappa shape index (κ3) is 3.42. The van der Waals surface area contributed by atoms with Crippen molar-refractivity contribution in [2.75, 3.05) is 6.61 Å². The number of nitrogens with zero attached hydrogens (tertiary/aromatic N) is 3. The van der Waals surface area contributed by atoms with E-state index in [9.17, 15) is 9.90 Å². The van der Waals surface area contributed by atoms with Gasteiger partial charge in [-0.2, -0.15) is 0 Å². The summed E-state index contributed by atoms with van der Waals surface area (Å²) in [5.41, 5.74) is 1.89. The summed E-state index contributed by atoms with van der Waals surface area (Å²) in [5.74, 6) is -0.768. The molecule has 21 heavy (non-hydrogen) atoms. The Balaban J connectivity index is 2.38. The smallest absolute Gasteiger partial charge is 0.343 e. The molecule has 0 aliphatic carbocycles. The van der Waals surface area contributed by atoms with Gasteiger partial charge in [0, 0.05) is 18.6 Å². The Morgan fingerprint density at radius 2 is 2.14 bits per heavy atom. The molecule has 0 bridgehead atoms. The van der Waals surface area contributed by atoms with Crippen LogP contribution in [0.15, 0.2) is 46.9 Å². The van der Waals surface area contributed by atoms with Gasteiger partial charge in [-0.15, -0.1) is 0 Å². The monoisotopic (exact) mass is 285 g/mol. The van der Waals surface area contributed by atoms with Crippen molar-refractivity contribution in [2.24, 2.45) is 4.99 Å². The number of fused-ring (bicyclic) bond motifs is 1. The van der Waals surface area contributed by atoms with Gasteiger partial charge in [0.2, 0.25) is 0 Å². The molecule has 1 N–H and O–H groups in total. The van der Waals surface area contributed by atoms with Crippen molar-refractivity contribution in [3.63, 3.8) is 0 Å². The minimum absolute atomic E-state index is 0.0118. The van der Waals surface area contributed by atoms with Gasteiger partial charge in [-0.05, 0) is 26.0 Å². The van der Waals surface area contributed by atoms with E-state index in [2.05, 4.69) is 15.0 Å². The molecule has 1 aromatic heterocycles. The lowest BCUT2D eigenvalue weighted by molar-refractivity contribution is -0.138. The number of aliphatic hydroxyl groups excluding tert-OH is 1. The topological polar surface area (TPSA) is 84.7 Å². The Hall–Kier alpha value is -2.76. The van der Waals surface area contributed by atoms with E-state index in [0.29, 0.717) is 16.7 Å². The number of carbonyl (C=O) groups excluding carboxylic acids is 1. The van der Waals surface area contributed by atoms with Crippen LogP contribution in [0, 0.1) is 0 Å². The summed E-state index contributed by atoms with van der Waals surface area (Å²) in [6.45, 7) is 3.32. The van der Waals surface area contributed by atoms with Crippen LogP contribution in [0.2, 0.25) is 0 Å². The zero-order chi connectivity index (χ0) is 15.2. The zero-order valence-corrected chi connectivity index (χ0v) is 11.8. The van der Waals surface area contributed by atoms with Gasteiger partial charge in [-0.25, -0.2) is 4.79 Å². The van der Waals surface area contributed by atoms with Crippen LogP contribution in [0.3, 0.4) is 0 Å². The fraction of sp³-hybridized carbons (Fsp3) is 0.200. The van der Waals surface area contributed by atoms with Crippen LogP contribution in [0.5, 0.6) is 0 Å². The van der Waals surface area contributed by atoms with E-state index in [0.717, 1.165) is 0 Å². The molecule has 0 aliphatic heterocycles. The molecule has 1 aromatic carbocycles. The summed E-state index contributed by atoms with van der Waals surface area (Å²) in [6, 6.07) is 5.37. The number of hydrogen-bond donors (Lipinski definition) is 1. The summed E-state index contributed by atoms with van der Waals surface area (Å²) < 4.78 is 4.87. The van der Waals surface area contributed by atoms with Gasteiger partial charge >= 0.3 is 5.97 Å². The summed E-state index contributed by atoms with van der Waals surface area (Å²) in [4.78, 5) is 24.3. The predicted molar refractivity (Wildman–Crippen MR) is 79.7 cm³/mol. The van der Waals surface area contributed by atoms with Crippen molar-refractivity contribution in [3.05, 3.63) is 41.9 Å². The first kappa shape index (κ1) is 14.6. The quantitative estimate of drug-likeness (QED) is 0.404. The molecule has 0 saturated heterocycles. The molecular weight excluding hydrogens is 270 g/mol. The van der Waals surface area contributed by atoms with Crippen molar-refractivity contribution < 1.29 is 14.6 Å². The lowest BCUT2D eigenvalue weighted by Gasteiger charge is -2.03. The fourth-order valence-electron chi connectivity index (χ4n) is 1.72. The van der Waals surface area contributed by atoms with E-state index in [1.165, 1.54) is 13.1 Å². The van der Waals surface area contributed by atoms with Crippen LogP contribution in [0.4, 0.5) is 5.69 Å². The van der Waals surface area contributed by atoms with Gasteiger partial charge in [0.15, 0.2) is 0 Å². The Morgan fingerprint density at radius 1 is 1.38 bits per heavy atom. The molecule has 1 heterocycles. The second kappa shape index (κ2) is 6.60. The molecule has 0 radical (unpaired) electrons. The summed E-state index contributed by atoms with van der Waals surface area (Å²) in [6.07, 6.45) is 4.44. The minimum Gasteiger partial charge on any atom is -0.512 e. The lowest BCUT2D eigenvalue weighted by Crippen LogP contribution is -2.10. The SMILES string of the molecule is CCOC(=O)/C(C=Nc1cccc2nccnc12)=C(\C)O. The van der Waals surface area contributed by atoms with Crippen molar-refractivity contribution in [2.45, 2.75) is 13.8 Å². The highest BCUT2D eigenvalue weighted by Gasteiger charge is 2.12. The molecule has 6 nitrogen and oxygen atoms in total. The largest absolute Gasteiger partial charge is 0.512 e. The number of benzene rings is 1. The van der Waals surface area contributed by atoms with E-state index in [1.807, 2.05) is 6.07 Å². The highest BCUT2D eigenvalue weighted by atomic mass is 16.5. The van der Waals surface area contributed by atoms with E-state index >= 15 is 0 Å². The second-order valence-electron chi connectivity index (χ2n) is 4.18. The first-order valence-electron chi connectivity index (χ1n) is 6.44. The van der Waals surface area contributed by atoms with Gasteiger partial charge in [0.1, 0.15) is 16.8 Å². The average Bonchev–Trinajstić information content (AvgIpc) is 2.47. The number of aliphatic hydroxyl groups is 1. The fourth-order valence-corrected chi connectivity index (χ4v) is 1.72. The number of hydrogen-bond acceptors (Lipinski definition) is 6. The van der Waals surface area contributed by atoms with Gasteiger partial charge in [0.25, 0.3) is 0 Å². The average molecular weight is 285 g/mol. The summed E-state index contributed by atoms with van der Waals surface area (Å²) >= 11 is 0. The van der Waals surface area contributed by atoms with Gasteiger partial charge < -0.3 is 9.84 Å². The van der Waals surface area contributed by atoms with Gasteiger partial charge in [0.05, 0.1) is 17.8 Å². The highest BCUT2D eigenvalue weighted by molar-refractivity contribution is 6.10. The minimum atomic E-state index is -0.618. The number of aliphatic imine (C=N–C) groups is 1. The summed E-state index contributed by atoms with van der Waals surface area (Å²) in [7, 11) is 0. The molecular formula is C15H15N3O3. The Labute approximate surface area is 121 Å². The van der Waals surface area contributed by atoms with Crippen LogP contribution >= 0.6 is 0 Å². The van der Waals surface area contributed by atoms with E-state index < -0.39 is 5.97 Å². The van der Waals surface area contributed by atoms with Crippen molar-refractivity contribution in [3.8, 4) is 0 Å². The maximum atomic E-state index is 11.7. The number of para-hydroxylation sites is 1. The molecule has 0 unspecified atom stereocenters. The van der Waals surface area contributed by atoms with Crippen LogP contribution in [-0.2, 0) is 9.53 Å². The standard InChI is InChI=1S/C15H15N3O3/c1-3-21-15(20)11(10(2)19)9-18-13-6-4-5-12-14(13)17-8-7-16-12/h4-9,19H,3H2,1-2H3/b11-10+,18-9?. The van der Waals surface area contributed by atoms with Crippen LogP contribution < -0.4 is 0 Å². The van der Waals surface area contributed by atoms with Crippen molar-refractivity contribution in [1.29, 1.82) is 0 Å². The van der Waals surface area contributed by atoms with Crippen molar-refractivity contribution in [1.82, 2.24) is 9.97 Å². The Kier molecular flexibility index (Phi) is 4.61. The molecule has 2 rings (SSSR count). The number of carbonyl (C=O) groups is 1. The van der Waals surface area contributed by atoms with E-state index in [4.69, 9.17) is 4.74 Å². The molecule has 0 fully saturated rings. The zero-order valence-electron chi connectivity index (χ0n) is 11.8. The molecule has 0 amide bonds. The second-order valence-corrected chi connectivity index (χ2v) is 4.18. The highest BCUT2D eigenvalue weighted by Crippen LogP contribution is 2.22. The number of ether oxygens (including phenoxy) is 1. The van der Waals surface area contributed by atoms with Crippen molar-refractivity contribution >= 4 is 28.9 Å². The molecule has 6 heteroatoms. The van der Waals surface area contributed by atoms with Crippen LogP contribution in [0.1, 0.15) is 13.8 Å². The van der Waals surface area contributed by atoms with Crippen LogP contribution in [-0.4, -0.2) is 33.9 Å². The van der Waals surface area contributed by atoms with E-state index in [-0.39, 0.29) is 17.9 Å². The first-order chi connectivity index (χ1) is 10.1. The normalized spacial score (nSPS) is 12.5. The lowest BCUT2D eigenvalue weighted by atomic mass is 10.2. The van der Waals surface area contributed by atoms with Gasteiger partial charge in [-0.1, -0.05) is 6.07 Å². The number of aromatic nitrogens is 2. The maximum Gasteiger partial charge on any atom is 0.343 e. The van der Waals surface area contributed by atoms with Gasteiger partial charge in [-0.3, -0.25) is 15.0 Å².